The van der Waals surface area contributed by atoms with Gasteiger partial charge in [-0.05, 0) is 28.4 Å². The monoisotopic (exact) mass is 258 g/mol. The normalized spacial score (nSPS) is 19.4. The molecule has 0 bridgehead atoms. The Bertz CT molecular complexity index is 403. The van der Waals surface area contributed by atoms with Crippen LogP contribution >= 0.6 is 15.9 Å². The van der Waals surface area contributed by atoms with E-state index < -0.39 is 11.9 Å². The van der Waals surface area contributed by atoms with Crippen molar-refractivity contribution in [3.05, 3.63) is 28.0 Å². The van der Waals surface area contributed by atoms with Crippen molar-refractivity contribution in [2.24, 2.45) is 0 Å². The second-order valence-electron chi connectivity index (χ2n) is 3.14. The molecule has 14 heavy (non-hydrogen) atoms. The summed E-state index contributed by atoms with van der Waals surface area (Å²) in [6.45, 7) is 1.86. The van der Waals surface area contributed by atoms with Gasteiger partial charge >= 0.3 is 0 Å². The molecule has 0 aromatic heterocycles. The lowest BCUT2D eigenvalue weighted by molar-refractivity contribution is 0.0853. The molecular weight excluding hydrogens is 251 g/mol. The third-order valence-electron chi connectivity index (χ3n) is 2.22. The first kappa shape index (κ1) is 9.65. The van der Waals surface area contributed by atoms with Crippen LogP contribution in [0.4, 0.5) is 4.39 Å². The van der Waals surface area contributed by atoms with Crippen molar-refractivity contribution in [2.75, 3.05) is 0 Å². The molecule has 0 saturated heterocycles. The largest absolute Gasteiger partial charge is 0.481 e. The zero-order valence-corrected chi connectivity index (χ0v) is 9.10. The van der Waals surface area contributed by atoms with E-state index in [0.717, 1.165) is 0 Å². The quantitative estimate of drug-likeness (QED) is 0.775. The maximum Gasteiger partial charge on any atom is 0.207 e. The van der Waals surface area contributed by atoms with Crippen LogP contribution in [-0.2, 0) is 0 Å². The van der Waals surface area contributed by atoms with Gasteiger partial charge in [0.15, 0.2) is 6.10 Å². The fourth-order valence-electron chi connectivity index (χ4n) is 1.47. The summed E-state index contributed by atoms with van der Waals surface area (Å²) in [7, 11) is 0. The molecule has 1 unspecified atom stereocenters. The van der Waals surface area contributed by atoms with Crippen LogP contribution in [0, 0.1) is 5.82 Å². The number of ketones is 1. The Morgan fingerprint density at radius 2 is 2.29 bits per heavy atom. The second kappa shape index (κ2) is 3.35. The van der Waals surface area contributed by atoms with E-state index in [1.165, 1.54) is 12.1 Å². The van der Waals surface area contributed by atoms with Crippen LogP contribution in [0.5, 0.6) is 5.75 Å². The predicted molar refractivity (Wildman–Crippen MR) is 53.1 cm³/mol. The SMILES string of the molecule is CCC1Oc2cc(F)c(Br)cc2C1=O. The lowest BCUT2D eigenvalue weighted by Gasteiger charge is -2.04. The number of rotatable bonds is 1. The van der Waals surface area contributed by atoms with Crippen LogP contribution in [0.2, 0.25) is 0 Å². The van der Waals surface area contributed by atoms with E-state index in [9.17, 15) is 9.18 Å². The molecule has 1 aliphatic heterocycles. The maximum absolute atomic E-state index is 13.1. The van der Waals surface area contributed by atoms with Crippen molar-refractivity contribution in [2.45, 2.75) is 19.4 Å². The summed E-state index contributed by atoms with van der Waals surface area (Å²) in [5, 5.41) is 0. The van der Waals surface area contributed by atoms with Gasteiger partial charge in [-0.1, -0.05) is 6.92 Å². The molecule has 0 spiro atoms. The Kier molecular flexibility index (Phi) is 2.31. The average Bonchev–Trinajstić information content (AvgIpc) is 2.45. The zero-order valence-electron chi connectivity index (χ0n) is 7.51. The summed E-state index contributed by atoms with van der Waals surface area (Å²) in [5.41, 5.74) is 0.463. The number of hydrogen-bond acceptors (Lipinski definition) is 2. The lowest BCUT2D eigenvalue weighted by atomic mass is 10.1. The van der Waals surface area contributed by atoms with Gasteiger partial charge in [0, 0.05) is 6.07 Å². The minimum Gasteiger partial charge on any atom is -0.481 e. The number of benzene rings is 1. The molecule has 2 rings (SSSR count). The molecule has 74 valence electrons. The van der Waals surface area contributed by atoms with Crippen molar-refractivity contribution in [3.8, 4) is 5.75 Å². The van der Waals surface area contributed by atoms with Crippen molar-refractivity contribution in [1.29, 1.82) is 0 Å². The predicted octanol–water partition coefficient (Wildman–Crippen LogP) is 2.94. The molecule has 1 atom stereocenters. The van der Waals surface area contributed by atoms with Gasteiger partial charge in [-0.15, -0.1) is 0 Å². The molecule has 1 aromatic rings. The minimum atomic E-state index is -0.446. The molecule has 4 heteroatoms. The first-order valence-electron chi connectivity index (χ1n) is 4.33. The Morgan fingerprint density at radius 3 is 2.93 bits per heavy atom. The van der Waals surface area contributed by atoms with E-state index in [0.29, 0.717) is 22.2 Å². The zero-order chi connectivity index (χ0) is 10.3. The van der Waals surface area contributed by atoms with Crippen LogP contribution in [-0.4, -0.2) is 11.9 Å². The molecule has 0 saturated carbocycles. The number of hydrogen-bond donors (Lipinski definition) is 0. The molecule has 0 radical (unpaired) electrons. The van der Waals surface area contributed by atoms with Crippen molar-refractivity contribution >= 4 is 21.7 Å². The number of halogens is 2. The highest BCUT2D eigenvalue weighted by atomic mass is 79.9. The van der Waals surface area contributed by atoms with Gasteiger partial charge in [0.25, 0.3) is 0 Å². The van der Waals surface area contributed by atoms with Gasteiger partial charge in [0.05, 0.1) is 10.0 Å². The summed E-state index contributed by atoms with van der Waals surface area (Å²) in [6, 6.07) is 2.72. The summed E-state index contributed by atoms with van der Waals surface area (Å²) < 4.78 is 18.7. The standard InChI is InChI=1S/C10H8BrFO2/c1-2-8-10(13)5-3-6(11)7(12)4-9(5)14-8/h3-4,8H,2H2,1H3. The second-order valence-corrected chi connectivity index (χ2v) is 4.00. The first-order chi connectivity index (χ1) is 6.63. The maximum atomic E-state index is 13.1. The van der Waals surface area contributed by atoms with Crippen molar-refractivity contribution in [1.82, 2.24) is 0 Å². The molecule has 1 aromatic carbocycles. The summed E-state index contributed by atoms with van der Waals surface area (Å²) in [4.78, 5) is 11.6. The van der Waals surface area contributed by atoms with Gasteiger partial charge in [0.1, 0.15) is 11.6 Å². The summed E-state index contributed by atoms with van der Waals surface area (Å²) in [6.07, 6.45) is 0.158. The molecular formula is C10H8BrFO2. The minimum absolute atomic E-state index is 0.0665. The Morgan fingerprint density at radius 1 is 1.57 bits per heavy atom. The van der Waals surface area contributed by atoms with Gasteiger partial charge < -0.3 is 4.74 Å². The molecule has 2 nitrogen and oxygen atoms in total. The van der Waals surface area contributed by atoms with Gasteiger partial charge in [-0.25, -0.2) is 4.39 Å². The molecule has 0 aliphatic carbocycles. The smallest absolute Gasteiger partial charge is 0.207 e. The number of ether oxygens (including phenoxy) is 1. The summed E-state index contributed by atoms with van der Waals surface area (Å²) >= 11 is 3.04. The van der Waals surface area contributed by atoms with E-state index in [2.05, 4.69) is 15.9 Å². The van der Waals surface area contributed by atoms with Crippen LogP contribution in [0.1, 0.15) is 23.7 Å². The van der Waals surface area contributed by atoms with Crippen molar-refractivity contribution < 1.29 is 13.9 Å². The van der Waals surface area contributed by atoms with Crippen molar-refractivity contribution in [3.63, 3.8) is 0 Å². The molecule has 0 amide bonds. The highest BCUT2D eigenvalue weighted by Gasteiger charge is 2.31. The molecule has 0 fully saturated rings. The first-order valence-corrected chi connectivity index (χ1v) is 5.12. The number of fused-ring (bicyclic) bond motifs is 1. The summed E-state index contributed by atoms with van der Waals surface area (Å²) in [5.74, 6) is -0.126. The van der Waals surface area contributed by atoms with E-state index in [-0.39, 0.29) is 5.78 Å². The number of carbonyl (C=O) groups excluding carboxylic acids is 1. The molecule has 0 N–H and O–H groups in total. The highest BCUT2D eigenvalue weighted by Crippen LogP contribution is 2.33. The fourth-order valence-corrected chi connectivity index (χ4v) is 1.81. The van der Waals surface area contributed by atoms with E-state index in [1.807, 2.05) is 6.92 Å². The van der Waals surface area contributed by atoms with E-state index >= 15 is 0 Å². The third-order valence-corrected chi connectivity index (χ3v) is 2.83. The van der Waals surface area contributed by atoms with Crippen LogP contribution in [0.15, 0.2) is 16.6 Å². The molecule has 1 heterocycles. The van der Waals surface area contributed by atoms with E-state index in [1.54, 1.807) is 0 Å². The highest BCUT2D eigenvalue weighted by molar-refractivity contribution is 9.10. The average molecular weight is 259 g/mol. The Hall–Kier alpha value is -0.900. The molecule has 1 aliphatic rings. The Labute approximate surface area is 89.2 Å². The topological polar surface area (TPSA) is 26.3 Å². The van der Waals surface area contributed by atoms with Gasteiger partial charge in [0.2, 0.25) is 5.78 Å². The number of carbonyl (C=O) groups is 1. The Balaban J connectivity index is 2.49. The van der Waals surface area contributed by atoms with Crippen LogP contribution in [0.3, 0.4) is 0 Å². The fraction of sp³-hybridized carbons (Fsp3) is 0.300. The van der Waals surface area contributed by atoms with Crippen LogP contribution in [0.25, 0.3) is 0 Å². The lowest BCUT2D eigenvalue weighted by Crippen LogP contribution is -2.18. The van der Waals surface area contributed by atoms with E-state index in [4.69, 9.17) is 4.74 Å². The van der Waals surface area contributed by atoms with Gasteiger partial charge in [-0.2, -0.15) is 0 Å². The van der Waals surface area contributed by atoms with Crippen LogP contribution < -0.4 is 4.74 Å². The third kappa shape index (κ3) is 1.34. The van der Waals surface area contributed by atoms with Gasteiger partial charge in [-0.3, -0.25) is 4.79 Å². The number of Topliss-reactive ketones (excluding diaryl/α,β-unsaturated/α-hetero) is 1.